The van der Waals surface area contributed by atoms with Crippen LogP contribution in [-0.2, 0) is 4.79 Å². The molecule has 7 heteroatoms. The van der Waals surface area contributed by atoms with Crippen molar-refractivity contribution in [3.63, 3.8) is 0 Å². The zero-order valence-corrected chi connectivity index (χ0v) is 22.3. The molecule has 0 aliphatic carbocycles. The van der Waals surface area contributed by atoms with Crippen molar-refractivity contribution in [1.82, 2.24) is 14.4 Å². The summed E-state index contributed by atoms with van der Waals surface area (Å²) in [5, 5.41) is -0.731. The number of benzene rings is 3. The van der Waals surface area contributed by atoms with E-state index in [-0.39, 0.29) is 11.8 Å². The van der Waals surface area contributed by atoms with E-state index in [4.69, 9.17) is 16.3 Å². The SMILES string of the molecule is COc1cccc(-n2c(-c3ccccc3)cc(C(=O)N3CCN(C(=O)C(Cl)c4ccccc4)CC3)c2C)c1. The number of alkyl halides is 1. The van der Waals surface area contributed by atoms with Crippen LogP contribution in [0.15, 0.2) is 91.0 Å². The third-order valence-corrected chi connectivity index (χ3v) is 7.48. The number of aromatic nitrogens is 1. The lowest BCUT2D eigenvalue weighted by atomic mass is 10.1. The molecule has 194 valence electrons. The highest BCUT2D eigenvalue weighted by Gasteiger charge is 2.30. The van der Waals surface area contributed by atoms with Gasteiger partial charge in [0.05, 0.1) is 18.4 Å². The van der Waals surface area contributed by atoms with Gasteiger partial charge in [-0.05, 0) is 36.2 Å². The number of halogens is 1. The molecular weight excluding hydrogens is 498 g/mol. The highest BCUT2D eigenvalue weighted by molar-refractivity contribution is 6.30. The molecule has 0 saturated carbocycles. The lowest BCUT2D eigenvalue weighted by Gasteiger charge is -2.35. The van der Waals surface area contributed by atoms with Gasteiger partial charge in [0.25, 0.3) is 5.91 Å². The Labute approximate surface area is 228 Å². The number of piperazine rings is 1. The Morgan fingerprint density at radius 2 is 1.45 bits per heavy atom. The maximum atomic E-state index is 13.8. The highest BCUT2D eigenvalue weighted by Crippen LogP contribution is 2.32. The molecule has 5 rings (SSSR count). The van der Waals surface area contributed by atoms with Crippen LogP contribution in [0.1, 0.15) is 27.0 Å². The number of nitrogens with zero attached hydrogens (tertiary/aromatic N) is 3. The van der Waals surface area contributed by atoms with E-state index in [0.717, 1.165) is 34.0 Å². The Morgan fingerprint density at radius 3 is 2.11 bits per heavy atom. The first-order chi connectivity index (χ1) is 18.5. The van der Waals surface area contributed by atoms with Crippen LogP contribution in [-0.4, -0.2) is 59.5 Å². The van der Waals surface area contributed by atoms with E-state index < -0.39 is 5.38 Å². The maximum absolute atomic E-state index is 13.8. The summed E-state index contributed by atoms with van der Waals surface area (Å²) in [5.74, 6) is 0.576. The summed E-state index contributed by atoms with van der Waals surface area (Å²) in [5.41, 5.74) is 5.14. The molecule has 0 spiro atoms. The number of hydrogen-bond donors (Lipinski definition) is 0. The zero-order chi connectivity index (χ0) is 26.6. The molecule has 0 N–H and O–H groups in total. The fourth-order valence-corrected chi connectivity index (χ4v) is 5.24. The molecule has 1 aromatic heterocycles. The van der Waals surface area contributed by atoms with Crippen molar-refractivity contribution in [2.75, 3.05) is 33.3 Å². The first kappa shape index (κ1) is 25.6. The fraction of sp³-hybridized carbons (Fsp3) is 0.226. The monoisotopic (exact) mass is 527 g/mol. The average molecular weight is 528 g/mol. The van der Waals surface area contributed by atoms with E-state index in [1.165, 1.54) is 0 Å². The quantitative estimate of drug-likeness (QED) is 0.301. The van der Waals surface area contributed by atoms with E-state index in [1.54, 1.807) is 12.0 Å². The van der Waals surface area contributed by atoms with Gasteiger partial charge in [-0.15, -0.1) is 11.6 Å². The minimum Gasteiger partial charge on any atom is -0.497 e. The molecule has 3 aromatic carbocycles. The fourth-order valence-electron chi connectivity index (χ4n) is 4.95. The van der Waals surface area contributed by atoms with Crippen molar-refractivity contribution in [1.29, 1.82) is 0 Å². The predicted molar refractivity (Wildman–Crippen MR) is 150 cm³/mol. The Hall–Kier alpha value is -4.03. The van der Waals surface area contributed by atoms with Crippen LogP contribution in [0.4, 0.5) is 0 Å². The van der Waals surface area contributed by atoms with Gasteiger partial charge >= 0.3 is 0 Å². The number of amides is 2. The molecule has 2 amide bonds. The standard InChI is InChI=1S/C31H30ClN3O3/c1-22-27(21-28(23-10-5-3-6-11-23)35(22)25-14-9-15-26(20-25)38-2)30(36)33-16-18-34(19-17-33)31(37)29(32)24-12-7-4-8-13-24/h3-15,20-21,29H,16-19H2,1-2H3. The van der Waals surface area contributed by atoms with Crippen molar-refractivity contribution in [3.8, 4) is 22.7 Å². The molecule has 4 aromatic rings. The molecule has 0 radical (unpaired) electrons. The van der Waals surface area contributed by atoms with Crippen LogP contribution < -0.4 is 4.74 Å². The molecule has 1 fully saturated rings. The Bertz CT molecular complexity index is 1430. The van der Waals surface area contributed by atoms with Crippen LogP contribution in [0.3, 0.4) is 0 Å². The largest absolute Gasteiger partial charge is 0.497 e. The Morgan fingerprint density at radius 1 is 0.816 bits per heavy atom. The predicted octanol–water partition coefficient (Wildman–Crippen LogP) is 5.73. The Kier molecular flexibility index (Phi) is 7.52. The molecule has 1 unspecified atom stereocenters. The smallest absolute Gasteiger partial charge is 0.255 e. The normalized spacial score (nSPS) is 14.3. The van der Waals surface area contributed by atoms with Gasteiger partial charge in [0.15, 0.2) is 0 Å². The van der Waals surface area contributed by atoms with Gasteiger partial charge in [0.1, 0.15) is 11.1 Å². The van der Waals surface area contributed by atoms with Crippen molar-refractivity contribution < 1.29 is 14.3 Å². The van der Waals surface area contributed by atoms with Gasteiger partial charge in [-0.25, -0.2) is 0 Å². The zero-order valence-electron chi connectivity index (χ0n) is 21.5. The molecule has 1 atom stereocenters. The van der Waals surface area contributed by atoms with Crippen LogP contribution in [0.25, 0.3) is 16.9 Å². The van der Waals surface area contributed by atoms with Gasteiger partial charge in [0, 0.05) is 43.6 Å². The Balaban J connectivity index is 1.39. The third-order valence-electron chi connectivity index (χ3n) is 7.05. The van der Waals surface area contributed by atoms with Gasteiger partial charge in [-0.3, -0.25) is 9.59 Å². The number of methoxy groups -OCH3 is 1. The van der Waals surface area contributed by atoms with Gasteiger partial charge in [-0.2, -0.15) is 0 Å². The van der Waals surface area contributed by atoms with Crippen molar-refractivity contribution in [2.45, 2.75) is 12.3 Å². The van der Waals surface area contributed by atoms with Crippen LogP contribution >= 0.6 is 11.6 Å². The summed E-state index contributed by atoms with van der Waals surface area (Å²) < 4.78 is 7.56. The molecule has 1 saturated heterocycles. The first-order valence-corrected chi connectivity index (χ1v) is 13.1. The van der Waals surface area contributed by atoms with Gasteiger partial charge in [-0.1, -0.05) is 66.7 Å². The van der Waals surface area contributed by atoms with Crippen LogP contribution in [0, 0.1) is 6.92 Å². The number of carbonyl (C=O) groups is 2. The summed E-state index contributed by atoms with van der Waals surface area (Å²) in [7, 11) is 1.64. The minimum atomic E-state index is -0.731. The summed E-state index contributed by atoms with van der Waals surface area (Å²) in [6.07, 6.45) is 0. The van der Waals surface area contributed by atoms with E-state index in [1.807, 2.05) is 103 Å². The molecular formula is C31H30ClN3O3. The van der Waals surface area contributed by atoms with Crippen LogP contribution in [0.5, 0.6) is 5.75 Å². The summed E-state index contributed by atoms with van der Waals surface area (Å²) >= 11 is 6.48. The third kappa shape index (κ3) is 5.04. The number of hydrogen-bond acceptors (Lipinski definition) is 3. The molecule has 6 nitrogen and oxygen atoms in total. The summed E-state index contributed by atoms with van der Waals surface area (Å²) in [6, 6.07) is 29.2. The van der Waals surface area contributed by atoms with Crippen LogP contribution in [0.2, 0.25) is 0 Å². The average Bonchev–Trinajstić information content (AvgIpc) is 3.33. The van der Waals surface area contributed by atoms with E-state index in [2.05, 4.69) is 4.57 Å². The van der Waals surface area contributed by atoms with E-state index >= 15 is 0 Å². The topological polar surface area (TPSA) is 54.8 Å². The second-order valence-electron chi connectivity index (χ2n) is 9.32. The summed E-state index contributed by atoms with van der Waals surface area (Å²) in [4.78, 5) is 30.3. The second-order valence-corrected chi connectivity index (χ2v) is 9.76. The van der Waals surface area contributed by atoms with Crippen molar-refractivity contribution in [3.05, 3.63) is 108 Å². The summed E-state index contributed by atoms with van der Waals surface area (Å²) in [6.45, 7) is 3.77. The van der Waals surface area contributed by atoms with Crippen molar-refractivity contribution >= 4 is 23.4 Å². The number of rotatable bonds is 6. The van der Waals surface area contributed by atoms with Crippen molar-refractivity contribution in [2.24, 2.45) is 0 Å². The van der Waals surface area contributed by atoms with E-state index in [9.17, 15) is 9.59 Å². The lowest BCUT2D eigenvalue weighted by Crippen LogP contribution is -2.51. The number of ether oxygens (including phenoxy) is 1. The molecule has 1 aliphatic rings. The first-order valence-electron chi connectivity index (χ1n) is 12.7. The van der Waals surface area contributed by atoms with Gasteiger partial charge < -0.3 is 19.1 Å². The second kappa shape index (κ2) is 11.2. The molecule has 1 aliphatic heterocycles. The highest BCUT2D eigenvalue weighted by atomic mass is 35.5. The lowest BCUT2D eigenvalue weighted by molar-refractivity contribution is -0.132. The molecule has 0 bridgehead atoms. The number of carbonyl (C=O) groups excluding carboxylic acids is 2. The van der Waals surface area contributed by atoms with E-state index in [0.29, 0.717) is 31.7 Å². The maximum Gasteiger partial charge on any atom is 0.255 e. The molecule has 38 heavy (non-hydrogen) atoms. The molecule has 2 heterocycles. The minimum absolute atomic E-state index is 0.0427. The van der Waals surface area contributed by atoms with Gasteiger partial charge in [0.2, 0.25) is 5.91 Å².